The summed E-state index contributed by atoms with van der Waals surface area (Å²) in [6, 6.07) is 15.8. The second-order valence-corrected chi connectivity index (χ2v) is 8.07. The summed E-state index contributed by atoms with van der Waals surface area (Å²) in [5.41, 5.74) is 5.41. The van der Waals surface area contributed by atoms with Gasteiger partial charge in [-0.25, -0.2) is 4.52 Å². The van der Waals surface area contributed by atoms with E-state index in [1.54, 1.807) is 0 Å². The Kier molecular flexibility index (Phi) is 6.35. The van der Waals surface area contributed by atoms with E-state index in [9.17, 15) is 0 Å². The molecule has 0 amide bonds. The number of benzene rings is 1. The Morgan fingerprint density at radius 2 is 1.79 bits per heavy atom. The van der Waals surface area contributed by atoms with Crippen molar-refractivity contribution in [2.24, 2.45) is 11.8 Å². The summed E-state index contributed by atoms with van der Waals surface area (Å²) in [7, 11) is 2.29. The molecule has 5 rings (SSSR count). The average molecular weight is 419 g/mol. The largest absolute Gasteiger partial charge is 0.299 e. The van der Waals surface area contributed by atoms with Gasteiger partial charge in [0.05, 0.1) is 11.7 Å². The first-order chi connectivity index (χ1) is 12.7. The molecule has 0 spiro atoms. The van der Waals surface area contributed by atoms with Crippen LogP contribution in [0.2, 0.25) is 0 Å². The zero-order valence-electron chi connectivity index (χ0n) is 16.4. The number of aryl methyl sites for hydroxylation is 1. The quantitative estimate of drug-likeness (QED) is 0.635. The molecule has 2 saturated heterocycles. The van der Waals surface area contributed by atoms with Gasteiger partial charge in [0, 0.05) is 44.0 Å². The normalized spacial score (nSPS) is 24.7. The fourth-order valence-electron chi connectivity index (χ4n) is 5.28. The zero-order valence-corrected chi connectivity index (χ0v) is 18.0. The molecule has 0 saturated carbocycles. The van der Waals surface area contributed by atoms with E-state index in [0.717, 1.165) is 18.4 Å². The van der Waals surface area contributed by atoms with Crippen LogP contribution in [-0.2, 0) is 6.54 Å². The van der Waals surface area contributed by atoms with Crippen LogP contribution in [0.4, 0.5) is 0 Å². The predicted molar refractivity (Wildman–Crippen MR) is 118 cm³/mol. The Labute approximate surface area is 179 Å². The summed E-state index contributed by atoms with van der Waals surface area (Å²) in [5.74, 6) is 1.50. The van der Waals surface area contributed by atoms with E-state index in [1.807, 2.05) is 10.7 Å². The van der Waals surface area contributed by atoms with Crippen molar-refractivity contribution in [1.82, 2.24) is 19.4 Å². The third-order valence-corrected chi connectivity index (χ3v) is 6.32. The number of rotatable bonds is 3. The van der Waals surface area contributed by atoms with Gasteiger partial charge in [-0.05, 0) is 43.0 Å². The Hall–Kier alpha value is -1.59. The Balaban J connectivity index is 0.00000112. The van der Waals surface area contributed by atoms with Crippen LogP contribution in [0.1, 0.15) is 22.7 Å². The van der Waals surface area contributed by atoms with Gasteiger partial charge in [0.2, 0.25) is 0 Å². The van der Waals surface area contributed by atoms with E-state index < -0.39 is 0 Å². The highest BCUT2D eigenvalue weighted by molar-refractivity contribution is 5.85. The van der Waals surface area contributed by atoms with Crippen molar-refractivity contribution < 1.29 is 0 Å². The van der Waals surface area contributed by atoms with Crippen molar-refractivity contribution in [1.29, 1.82) is 0 Å². The van der Waals surface area contributed by atoms with Gasteiger partial charge in [-0.15, -0.1) is 24.8 Å². The van der Waals surface area contributed by atoms with Crippen molar-refractivity contribution in [2.45, 2.75) is 19.5 Å². The number of aromatic nitrogens is 2. The van der Waals surface area contributed by atoms with Crippen molar-refractivity contribution in [3.8, 4) is 0 Å². The summed E-state index contributed by atoms with van der Waals surface area (Å²) in [6.45, 7) is 6.76. The molecule has 0 radical (unpaired) electrons. The molecule has 4 heterocycles. The number of hydrogen-bond acceptors (Lipinski definition) is 3. The minimum Gasteiger partial charge on any atom is -0.299 e. The molecule has 4 nitrogen and oxygen atoms in total. The Morgan fingerprint density at radius 1 is 1.00 bits per heavy atom. The maximum Gasteiger partial charge on any atom is 0.0735 e. The Morgan fingerprint density at radius 3 is 2.57 bits per heavy atom. The van der Waals surface area contributed by atoms with Crippen LogP contribution in [0.15, 0.2) is 54.9 Å². The van der Waals surface area contributed by atoms with Gasteiger partial charge in [-0.1, -0.05) is 36.4 Å². The summed E-state index contributed by atoms with van der Waals surface area (Å²) in [5, 5.41) is 4.55. The minimum absolute atomic E-state index is 0. The molecule has 3 atom stereocenters. The maximum atomic E-state index is 4.55. The molecular formula is C22H28Cl2N4. The Bertz CT molecular complexity index is 927. The van der Waals surface area contributed by atoms with Gasteiger partial charge < -0.3 is 0 Å². The van der Waals surface area contributed by atoms with Crippen molar-refractivity contribution in [3.05, 3.63) is 71.5 Å². The van der Waals surface area contributed by atoms with E-state index in [4.69, 9.17) is 0 Å². The van der Waals surface area contributed by atoms with Crippen LogP contribution in [0.3, 0.4) is 0 Å². The third-order valence-electron chi connectivity index (χ3n) is 6.32. The number of pyridine rings is 1. The molecular weight excluding hydrogens is 391 g/mol. The first-order valence-electron chi connectivity index (χ1n) is 9.60. The first kappa shape index (κ1) is 21.1. The summed E-state index contributed by atoms with van der Waals surface area (Å²) >= 11 is 0. The molecule has 0 unspecified atom stereocenters. The molecule has 150 valence electrons. The molecule has 2 aliphatic heterocycles. The molecule has 2 fully saturated rings. The molecule has 2 aromatic heterocycles. The second-order valence-electron chi connectivity index (χ2n) is 8.07. The van der Waals surface area contributed by atoms with E-state index in [0.29, 0.717) is 6.04 Å². The lowest BCUT2D eigenvalue weighted by Gasteiger charge is -2.26. The highest BCUT2D eigenvalue weighted by Gasteiger charge is 2.45. The number of fused-ring (bicyclic) bond motifs is 2. The fourth-order valence-corrected chi connectivity index (χ4v) is 5.28. The van der Waals surface area contributed by atoms with E-state index in [2.05, 4.69) is 77.5 Å². The smallest absolute Gasteiger partial charge is 0.0735 e. The van der Waals surface area contributed by atoms with Crippen LogP contribution in [-0.4, -0.2) is 46.1 Å². The molecule has 6 heteroatoms. The van der Waals surface area contributed by atoms with Crippen LogP contribution < -0.4 is 0 Å². The van der Waals surface area contributed by atoms with Crippen LogP contribution in [0.25, 0.3) is 5.52 Å². The van der Waals surface area contributed by atoms with Gasteiger partial charge in [0.1, 0.15) is 0 Å². The lowest BCUT2D eigenvalue weighted by molar-refractivity contribution is 0.225. The lowest BCUT2D eigenvalue weighted by atomic mass is 9.90. The van der Waals surface area contributed by atoms with Crippen LogP contribution in [0, 0.1) is 18.8 Å². The molecule has 2 aliphatic rings. The standard InChI is InChI=1S/C22H26N4.2ClH/c1-16-7-6-10-26-21(16)18(11-23-26)13-25-14-19-12-24(2)22(20(19)15-25)17-8-4-3-5-9-17;;/h3-11,19-20,22H,12-15H2,1-2H3;2*1H/t19-,20+,22-;;/m0../s1. The van der Waals surface area contributed by atoms with Gasteiger partial charge >= 0.3 is 0 Å². The molecule has 0 N–H and O–H groups in total. The topological polar surface area (TPSA) is 23.8 Å². The predicted octanol–water partition coefficient (Wildman–Crippen LogP) is 4.22. The summed E-state index contributed by atoms with van der Waals surface area (Å²) < 4.78 is 2.02. The minimum atomic E-state index is 0. The number of hydrogen-bond donors (Lipinski definition) is 0. The van der Waals surface area contributed by atoms with Crippen LogP contribution >= 0.6 is 24.8 Å². The first-order valence-corrected chi connectivity index (χ1v) is 9.60. The SMILES string of the molecule is Cc1cccn2ncc(CN3C[C@@H]4CN(C)[C@@H](c5ccccc5)[C@@H]4C3)c12.Cl.Cl. The van der Waals surface area contributed by atoms with Crippen molar-refractivity contribution >= 4 is 30.3 Å². The number of halogens is 2. The maximum absolute atomic E-state index is 4.55. The van der Waals surface area contributed by atoms with Crippen molar-refractivity contribution in [3.63, 3.8) is 0 Å². The van der Waals surface area contributed by atoms with Gasteiger partial charge in [0.15, 0.2) is 0 Å². The fraction of sp³-hybridized carbons (Fsp3) is 0.409. The van der Waals surface area contributed by atoms with Gasteiger partial charge in [-0.3, -0.25) is 9.80 Å². The third kappa shape index (κ3) is 3.55. The second kappa shape index (κ2) is 8.42. The van der Waals surface area contributed by atoms with Crippen molar-refractivity contribution in [2.75, 3.05) is 26.7 Å². The number of nitrogens with zero attached hydrogens (tertiary/aromatic N) is 4. The monoisotopic (exact) mass is 418 g/mol. The molecule has 3 aromatic rings. The van der Waals surface area contributed by atoms with Crippen LogP contribution in [0.5, 0.6) is 0 Å². The lowest BCUT2D eigenvalue weighted by Crippen LogP contribution is -2.28. The molecule has 1 aromatic carbocycles. The zero-order chi connectivity index (χ0) is 17.7. The van der Waals surface area contributed by atoms with Gasteiger partial charge in [0.25, 0.3) is 0 Å². The van der Waals surface area contributed by atoms with E-state index in [1.165, 1.54) is 41.8 Å². The molecule has 28 heavy (non-hydrogen) atoms. The number of likely N-dealkylation sites (tertiary alicyclic amines) is 2. The summed E-state index contributed by atoms with van der Waals surface area (Å²) in [4.78, 5) is 5.20. The highest BCUT2D eigenvalue weighted by atomic mass is 35.5. The molecule has 0 bridgehead atoms. The molecule has 0 aliphatic carbocycles. The summed E-state index contributed by atoms with van der Waals surface area (Å²) in [6.07, 6.45) is 4.10. The average Bonchev–Trinajstić information content (AvgIpc) is 3.29. The van der Waals surface area contributed by atoms with Gasteiger partial charge in [-0.2, -0.15) is 5.10 Å². The van der Waals surface area contributed by atoms with E-state index >= 15 is 0 Å². The highest BCUT2D eigenvalue weighted by Crippen LogP contribution is 2.44. The van der Waals surface area contributed by atoms with E-state index in [-0.39, 0.29) is 24.8 Å².